The molecule has 0 bridgehead atoms. The molecule has 2 aromatic rings. The summed E-state index contributed by atoms with van der Waals surface area (Å²) in [5.74, 6) is 0.396. The summed E-state index contributed by atoms with van der Waals surface area (Å²) in [7, 11) is 0. The first-order chi connectivity index (χ1) is 15.3. The Bertz CT molecular complexity index is 1040. The lowest BCUT2D eigenvalue weighted by Gasteiger charge is -2.39. The van der Waals surface area contributed by atoms with Gasteiger partial charge in [-0.2, -0.15) is 5.26 Å². The van der Waals surface area contributed by atoms with E-state index < -0.39 is 11.9 Å². The van der Waals surface area contributed by atoms with E-state index in [9.17, 15) is 9.18 Å². The molecule has 0 spiro atoms. The zero-order chi connectivity index (χ0) is 23.2. The predicted molar refractivity (Wildman–Crippen MR) is 122 cm³/mol. The Labute approximate surface area is 195 Å². The summed E-state index contributed by atoms with van der Waals surface area (Å²) in [6.07, 6.45) is 1.59. The van der Waals surface area contributed by atoms with Crippen molar-refractivity contribution < 1.29 is 19.3 Å². The molecule has 1 aliphatic heterocycles. The molecule has 8 nitrogen and oxygen atoms in total. The normalized spacial score (nSPS) is 23.4. The molecule has 1 fully saturated rings. The van der Waals surface area contributed by atoms with E-state index in [1.54, 1.807) is 4.90 Å². The molecular formula is C21H27ClFN5O3S. The first-order valence-electron chi connectivity index (χ1n) is 10.9. The van der Waals surface area contributed by atoms with Crippen molar-refractivity contribution >= 4 is 46.2 Å². The number of hydrogen-bond donors (Lipinski definition) is 2. The van der Waals surface area contributed by atoms with Crippen LogP contribution in [0.5, 0.6) is 0 Å². The summed E-state index contributed by atoms with van der Waals surface area (Å²) < 4.78 is 15.0. The van der Waals surface area contributed by atoms with Crippen LogP contribution in [0.4, 0.5) is 15.0 Å². The molecule has 4 rings (SSSR count). The second kappa shape index (κ2) is 9.15. The Kier molecular flexibility index (Phi) is 6.65. The highest BCUT2D eigenvalue weighted by atomic mass is 35.5. The van der Waals surface area contributed by atoms with Gasteiger partial charge in [-0.1, -0.05) is 51.1 Å². The quantitative estimate of drug-likeness (QED) is 0.187. The van der Waals surface area contributed by atoms with E-state index in [-0.39, 0.29) is 40.6 Å². The molecule has 1 amide bonds. The zero-order valence-corrected chi connectivity index (χ0v) is 20.0. The van der Waals surface area contributed by atoms with Crippen molar-refractivity contribution in [2.75, 3.05) is 11.1 Å². The molecule has 32 heavy (non-hydrogen) atoms. The molecule has 11 heteroatoms. The maximum Gasteiger partial charge on any atom is 0.441 e. The van der Waals surface area contributed by atoms with E-state index in [1.165, 1.54) is 11.8 Å². The first kappa shape index (κ1) is 23.3. The number of pyridine rings is 1. The number of aromatic nitrogens is 3. The van der Waals surface area contributed by atoms with Crippen molar-refractivity contribution in [3.05, 3.63) is 16.7 Å². The number of thioether (sulfide) groups is 1. The fourth-order valence-electron chi connectivity index (χ4n) is 4.65. The molecule has 0 saturated heterocycles. The molecule has 2 aliphatic rings. The van der Waals surface area contributed by atoms with Gasteiger partial charge in [-0.25, -0.2) is 24.1 Å². The molecule has 3 heterocycles. The van der Waals surface area contributed by atoms with Crippen LogP contribution in [0.3, 0.4) is 0 Å². The molecule has 0 radical (unpaired) electrons. The minimum Gasteiger partial charge on any atom is -0.364 e. The van der Waals surface area contributed by atoms with Crippen molar-refractivity contribution in [2.45, 2.75) is 76.2 Å². The van der Waals surface area contributed by atoms with Crippen molar-refractivity contribution in [3.63, 3.8) is 0 Å². The van der Waals surface area contributed by atoms with Crippen molar-refractivity contribution in [2.24, 2.45) is 5.92 Å². The Morgan fingerprint density at radius 3 is 2.66 bits per heavy atom. The SMILES string of the molecule is CCSc1nc2c3c(nc(Cl)c(F)c3n1)[C@H](C)[C@H](C)[C@@H]([C@H](CC)N(C(=O)OO)C1CC1)N2. The third-order valence-electron chi connectivity index (χ3n) is 6.53. The molecule has 174 valence electrons. The maximum atomic E-state index is 15.0. The lowest BCUT2D eigenvalue weighted by Crippen LogP contribution is -2.53. The van der Waals surface area contributed by atoms with Crippen LogP contribution >= 0.6 is 23.4 Å². The van der Waals surface area contributed by atoms with Crippen molar-refractivity contribution in [1.82, 2.24) is 19.9 Å². The van der Waals surface area contributed by atoms with Gasteiger partial charge < -0.3 is 5.32 Å². The van der Waals surface area contributed by atoms with Gasteiger partial charge in [-0.3, -0.25) is 9.79 Å². The average molecular weight is 484 g/mol. The minimum atomic E-state index is -0.759. The summed E-state index contributed by atoms with van der Waals surface area (Å²) in [4.78, 5) is 31.7. The Morgan fingerprint density at radius 1 is 1.34 bits per heavy atom. The predicted octanol–water partition coefficient (Wildman–Crippen LogP) is 5.32. The van der Waals surface area contributed by atoms with Crippen molar-refractivity contribution in [3.8, 4) is 0 Å². The van der Waals surface area contributed by atoms with Crippen LogP contribution in [-0.2, 0) is 4.89 Å². The molecule has 4 atom stereocenters. The molecule has 1 aliphatic carbocycles. The van der Waals surface area contributed by atoms with E-state index in [0.717, 1.165) is 18.6 Å². The molecule has 0 unspecified atom stereocenters. The third kappa shape index (κ3) is 3.97. The van der Waals surface area contributed by atoms with E-state index in [1.807, 2.05) is 20.8 Å². The lowest BCUT2D eigenvalue weighted by atomic mass is 9.82. The van der Waals surface area contributed by atoms with Crippen LogP contribution in [0.25, 0.3) is 10.9 Å². The highest BCUT2D eigenvalue weighted by Crippen LogP contribution is 2.43. The van der Waals surface area contributed by atoms with E-state index in [0.29, 0.717) is 28.5 Å². The van der Waals surface area contributed by atoms with E-state index >= 15 is 0 Å². The van der Waals surface area contributed by atoms with Gasteiger partial charge in [0.1, 0.15) is 11.3 Å². The summed E-state index contributed by atoms with van der Waals surface area (Å²) in [6.45, 7) is 8.03. The summed E-state index contributed by atoms with van der Waals surface area (Å²) in [6, 6.07) is -0.499. The van der Waals surface area contributed by atoms with Crippen LogP contribution in [0, 0.1) is 11.7 Å². The fourth-order valence-corrected chi connectivity index (χ4v) is 5.40. The molecule has 2 N–H and O–H groups in total. The van der Waals surface area contributed by atoms with Crippen LogP contribution < -0.4 is 5.32 Å². The topological polar surface area (TPSA) is 100 Å². The second-order valence-corrected chi connectivity index (χ2v) is 9.99. The molecule has 1 saturated carbocycles. The number of anilines is 1. The number of carbonyl (C=O) groups excluding carboxylic acids is 1. The number of carbonyl (C=O) groups is 1. The summed E-state index contributed by atoms with van der Waals surface area (Å²) in [5, 5.41) is 13.4. The van der Waals surface area contributed by atoms with E-state index in [2.05, 4.69) is 32.1 Å². The lowest BCUT2D eigenvalue weighted by molar-refractivity contribution is -0.191. The second-order valence-electron chi connectivity index (χ2n) is 8.40. The third-order valence-corrected chi connectivity index (χ3v) is 7.51. The van der Waals surface area contributed by atoms with Gasteiger partial charge in [-0.05, 0) is 30.9 Å². The Hall–Kier alpha value is -1.91. The molecular weight excluding hydrogens is 457 g/mol. The number of hydrogen-bond acceptors (Lipinski definition) is 8. The monoisotopic (exact) mass is 483 g/mol. The van der Waals surface area contributed by atoms with Gasteiger partial charge in [-0.15, -0.1) is 0 Å². The van der Waals surface area contributed by atoms with Gasteiger partial charge >= 0.3 is 6.09 Å². The smallest absolute Gasteiger partial charge is 0.364 e. The van der Waals surface area contributed by atoms with Gasteiger partial charge in [0, 0.05) is 12.0 Å². The Morgan fingerprint density at radius 2 is 2.06 bits per heavy atom. The van der Waals surface area contributed by atoms with Gasteiger partial charge in [0.05, 0.1) is 23.2 Å². The number of nitrogens with one attached hydrogen (secondary N) is 1. The van der Waals surface area contributed by atoms with Gasteiger partial charge in [0.15, 0.2) is 16.1 Å². The van der Waals surface area contributed by atoms with Crippen LogP contribution in [0.15, 0.2) is 5.16 Å². The molecule has 0 aromatic carbocycles. The minimum absolute atomic E-state index is 0.0242. The number of rotatable bonds is 6. The Balaban J connectivity index is 1.87. The fraction of sp³-hybridized carbons (Fsp3) is 0.619. The highest BCUT2D eigenvalue weighted by molar-refractivity contribution is 7.99. The standard InChI is InChI=1S/C21H27ClFN5O3S/c1-5-12(28(11-7-8-11)21(29)31-30)15-9(3)10(4)16-13-17(14(23)18(22)24-16)26-20(32-6-2)27-19(13)25-15/h9-12,15,30H,5-8H2,1-4H3,(H,25,26,27)/t9-,10+,12-,15-/m0/s1. The summed E-state index contributed by atoms with van der Waals surface area (Å²) >= 11 is 7.57. The largest absolute Gasteiger partial charge is 0.441 e. The summed E-state index contributed by atoms with van der Waals surface area (Å²) in [5.41, 5.74) is 0.782. The van der Waals surface area contributed by atoms with Crippen LogP contribution in [-0.4, -0.2) is 55.1 Å². The molecule has 2 aromatic heterocycles. The number of halogens is 2. The maximum absolute atomic E-state index is 15.0. The number of nitrogens with zero attached hydrogens (tertiary/aromatic N) is 4. The first-order valence-corrected chi connectivity index (χ1v) is 12.3. The van der Waals surface area contributed by atoms with E-state index in [4.69, 9.17) is 16.9 Å². The zero-order valence-electron chi connectivity index (χ0n) is 18.4. The highest BCUT2D eigenvalue weighted by Gasteiger charge is 2.45. The van der Waals surface area contributed by atoms with Crippen molar-refractivity contribution in [1.29, 1.82) is 0 Å². The van der Waals surface area contributed by atoms with Gasteiger partial charge in [0.25, 0.3) is 0 Å². The average Bonchev–Trinajstić information content (AvgIpc) is 3.62. The van der Waals surface area contributed by atoms with Crippen LogP contribution in [0.1, 0.15) is 58.6 Å². The van der Waals surface area contributed by atoms with Crippen LogP contribution in [0.2, 0.25) is 5.15 Å². The number of amides is 1. The van der Waals surface area contributed by atoms with Gasteiger partial charge in [0.2, 0.25) is 0 Å².